The van der Waals surface area contributed by atoms with Crippen molar-refractivity contribution < 1.29 is 18.1 Å². The Kier molecular flexibility index (Phi) is 5.67. The van der Waals surface area contributed by atoms with Gasteiger partial charge in [0, 0.05) is 51.5 Å². The zero-order valence-electron chi connectivity index (χ0n) is 14.0. The van der Waals surface area contributed by atoms with Crippen LogP contribution in [0.15, 0.2) is 29.2 Å². The van der Waals surface area contributed by atoms with Gasteiger partial charge < -0.3 is 4.74 Å². The van der Waals surface area contributed by atoms with Gasteiger partial charge in [-0.15, -0.1) is 0 Å². The first-order valence-corrected chi connectivity index (χ1v) is 9.99. The third kappa shape index (κ3) is 4.35. The fourth-order valence-corrected chi connectivity index (χ4v) is 4.76. The highest BCUT2D eigenvalue weighted by Gasteiger charge is 2.30. The maximum atomic E-state index is 12.7. The second-order valence-electron chi connectivity index (χ2n) is 6.45. The van der Waals surface area contributed by atoms with E-state index in [1.807, 2.05) is 0 Å². The molecule has 138 valence electrons. The van der Waals surface area contributed by atoms with Gasteiger partial charge in [-0.2, -0.15) is 4.31 Å². The summed E-state index contributed by atoms with van der Waals surface area (Å²) in [5.41, 5.74) is -0.214. The highest BCUT2D eigenvalue weighted by molar-refractivity contribution is 7.89. The Balaban J connectivity index is 1.61. The normalized spacial score (nSPS) is 23.4. The van der Waals surface area contributed by atoms with Crippen molar-refractivity contribution in [3.63, 3.8) is 0 Å². The molecule has 0 radical (unpaired) electrons. The van der Waals surface area contributed by atoms with Crippen molar-refractivity contribution in [2.75, 3.05) is 39.3 Å². The van der Waals surface area contributed by atoms with E-state index in [0.29, 0.717) is 26.2 Å². The van der Waals surface area contributed by atoms with Gasteiger partial charge in [0.05, 0.1) is 15.9 Å². The van der Waals surface area contributed by atoms with Crippen molar-refractivity contribution in [3.8, 4) is 0 Å². The number of nitrogens with zero attached hydrogens (tertiary/aromatic N) is 3. The van der Waals surface area contributed by atoms with Crippen LogP contribution in [0.2, 0.25) is 0 Å². The SMILES string of the molecule is O=[N+]([O-])c1cccc(S(=O)(=O)N2CCN(C[C@@H]3CCCCO3)CC2)c1. The Hall–Kier alpha value is -1.55. The van der Waals surface area contributed by atoms with Gasteiger partial charge >= 0.3 is 0 Å². The first kappa shape index (κ1) is 18.2. The minimum atomic E-state index is -3.70. The predicted molar refractivity (Wildman–Crippen MR) is 91.9 cm³/mol. The molecule has 25 heavy (non-hydrogen) atoms. The fraction of sp³-hybridized carbons (Fsp3) is 0.625. The zero-order chi connectivity index (χ0) is 17.9. The van der Waals surface area contributed by atoms with Gasteiger partial charge in [-0.05, 0) is 25.3 Å². The molecule has 9 heteroatoms. The smallest absolute Gasteiger partial charge is 0.270 e. The van der Waals surface area contributed by atoms with Crippen molar-refractivity contribution in [1.82, 2.24) is 9.21 Å². The van der Waals surface area contributed by atoms with Crippen molar-refractivity contribution in [2.45, 2.75) is 30.3 Å². The van der Waals surface area contributed by atoms with Crippen LogP contribution < -0.4 is 0 Å². The van der Waals surface area contributed by atoms with Crippen LogP contribution in [0.4, 0.5) is 5.69 Å². The number of hydrogen-bond donors (Lipinski definition) is 0. The lowest BCUT2D eigenvalue weighted by Crippen LogP contribution is -2.50. The van der Waals surface area contributed by atoms with Gasteiger partial charge in [0.15, 0.2) is 0 Å². The maximum absolute atomic E-state index is 12.7. The molecule has 0 aromatic heterocycles. The third-order valence-electron chi connectivity index (χ3n) is 4.73. The Morgan fingerprint density at radius 1 is 1.20 bits per heavy atom. The second kappa shape index (κ2) is 7.77. The molecule has 2 aliphatic heterocycles. The van der Waals surface area contributed by atoms with Crippen molar-refractivity contribution in [1.29, 1.82) is 0 Å². The molecule has 0 spiro atoms. The molecule has 0 saturated carbocycles. The number of non-ortho nitro benzene ring substituents is 1. The van der Waals surface area contributed by atoms with Gasteiger partial charge in [-0.3, -0.25) is 15.0 Å². The molecule has 1 atom stereocenters. The van der Waals surface area contributed by atoms with E-state index >= 15 is 0 Å². The Labute approximate surface area is 147 Å². The summed E-state index contributed by atoms with van der Waals surface area (Å²) in [6.45, 7) is 3.72. The number of nitro benzene ring substituents is 1. The van der Waals surface area contributed by atoms with E-state index in [1.54, 1.807) is 0 Å². The molecule has 2 heterocycles. The summed E-state index contributed by atoms with van der Waals surface area (Å²) in [6, 6.07) is 5.23. The molecule has 2 aliphatic rings. The van der Waals surface area contributed by atoms with Crippen LogP contribution in [0, 0.1) is 10.1 Å². The van der Waals surface area contributed by atoms with Gasteiger partial charge in [0.1, 0.15) is 0 Å². The van der Waals surface area contributed by atoms with Crippen molar-refractivity contribution >= 4 is 15.7 Å². The summed E-state index contributed by atoms with van der Waals surface area (Å²) in [4.78, 5) is 12.5. The first-order chi connectivity index (χ1) is 12.0. The number of benzene rings is 1. The van der Waals surface area contributed by atoms with Crippen LogP contribution in [-0.2, 0) is 14.8 Å². The molecular weight excluding hydrogens is 346 g/mol. The molecular formula is C16H23N3O5S. The minimum Gasteiger partial charge on any atom is -0.377 e. The van der Waals surface area contributed by atoms with E-state index in [1.165, 1.54) is 28.9 Å². The van der Waals surface area contributed by atoms with E-state index in [4.69, 9.17) is 4.74 Å². The molecule has 0 bridgehead atoms. The summed E-state index contributed by atoms with van der Waals surface area (Å²) in [5, 5.41) is 10.9. The second-order valence-corrected chi connectivity index (χ2v) is 8.39. The van der Waals surface area contributed by atoms with Crippen LogP contribution in [0.5, 0.6) is 0 Å². The third-order valence-corrected chi connectivity index (χ3v) is 6.63. The van der Waals surface area contributed by atoms with Crippen LogP contribution in [0.25, 0.3) is 0 Å². The Morgan fingerprint density at radius 3 is 2.60 bits per heavy atom. The summed E-state index contributed by atoms with van der Waals surface area (Å²) in [6.07, 6.45) is 3.61. The minimum absolute atomic E-state index is 0.0224. The van der Waals surface area contributed by atoms with Gasteiger partial charge in [0.2, 0.25) is 10.0 Å². The average Bonchev–Trinajstić information content (AvgIpc) is 2.63. The number of hydrogen-bond acceptors (Lipinski definition) is 6. The summed E-state index contributed by atoms with van der Waals surface area (Å²) in [7, 11) is -3.70. The Bertz CT molecular complexity index is 710. The van der Waals surface area contributed by atoms with Crippen molar-refractivity contribution in [3.05, 3.63) is 34.4 Å². The molecule has 2 saturated heterocycles. The van der Waals surface area contributed by atoms with E-state index in [0.717, 1.165) is 32.1 Å². The van der Waals surface area contributed by atoms with Crippen LogP contribution in [0.1, 0.15) is 19.3 Å². The highest BCUT2D eigenvalue weighted by Crippen LogP contribution is 2.22. The molecule has 8 nitrogen and oxygen atoms in total. The zero-order valence-corrected chi connectivity index (χ0v) is 14.9. The highest BCUT2D eigenvalue weighted by atomic mass is 32.2. The monoisotopic (exact) mass is 369 g/mol. The lowest BCUT2D eigenvalue weighted by atomic mass is 10.1. The van der Waals surface area contributed by atoms with Gasteiger partial charge in [-0.25, -0.2) is 8.42 Å². The predicted octanol–water partition coefficient (Wildman–Crippen LogP) is 1.47. The van der Waals surface area contributed by atoms with Gasteiger partial charge in [0.25, 0.3) is 5.69 Å². The summed E-state index contributed by atoms with van der Waals surface area (Å²) in [5.74, 6) is 0. The number of nitro groups is 1. The van der Waals surface area contributed by atoms with Crippen LogP contribution in [0.3, 0.4) is 0 Å². The molecule has 0 unspecified atom stereocenters. The Morgan fingerprint density at radius 2 is 1.96 bits per heavy atom. The lowest BCUT2D eigenvalue weighted by Gasteiger charge is -2.36. The number of rotatable bonds is 5. The fourth-order valence-electron chi connectivity index (χ4n) is 3.30. The average molecular weight is 369 g/mol. The van der Waals surface area contributed by atoms with E-state index in [2.05, 4.69) is 4.90 Å². The number of sulfonamides is 1. The summed E-state index contributed by atoms with van der Waals surface area (Å²) < 4.78 is 32.6. The van der Waals surface area contributed by atoms with E-state index in [-0.39, 0.29) is 16.7 Å². The largest absolute Gasteiger partial charge is 0.377 e. The molecule has 3 rings (SSSR count). The quantitative estimate of drug-likeness (QED) is 0.576. The molecule has 0 amide bonds. The lowest BCUT2D eigenvalue weighted by molar-refractivity contribution is -0.385. The number of ether oxygens (including phenoxy) is 1. The molecule has 1 aromatic rings. The van der Waals surface area contributed by atoms with Crippen LogP contribution >= 0.6 is 0 Å². The summed E-state index contributed by atoms with van der Waals surface area (Å²) >= 11 is 0. The molecule has 2 fully saturated rings. The molecule has 0 N–H and O–H groups in total. The van der Waals surface area contributed by atoms with Crippen LogP contribution in [-0.4, -0.2) is 68.0 Å². The molecule has 1 aromatic carbocycles. The first-order valence-electron chi connectivity index (χ1n) is 8.55. The number of piperazine rings is 1. The maximum Gasteiger partial charge on any atom is 0.270 e. The molecule has 0 aliphatic carbocycles. The van der Waals surface area contributed by atoms with E-state index in [9.17, 15) is 18.5 Å². The topological polar surface area (TPSA) is 93.0 Å². The van der Waals surface area contributed by atoms with Gasteiger partial charge in [-0.1, -0.05) is 6.07 Å². The van der Waals surface area contributed by atoms with E-state index < -0.39 is 14.9 Å². The standard InChI is InChI=1S/C16H23N3O5S/c20-19(21)14-4-3-6-16(12-14)25(22,23)18-9-7-17(8-10-18)13-15-5-1-2-11-24-15/h3-4,6,12,15H,1-2,5,7-11,13H2/t15-/m0/s1. The van der Waals surface area contributed by atoms with Crippen molar-refractivity contribution in [2.24, 2.45) is 0 Å².